The molecule has 0 amide bonds. The number of benzene rings is 1. The number of esters is 1. The van der Waals surface area contributed by atoms with Crippen LogP contribution in [-0.2, 0) is 11.2 Å². The van der Waals surface area contributed by atoms with Crippen LogP contribution < -0.4 is 0 Å². The maximum Gasteiger partial charge on any atom is 0.378 e. The van der Waals surface area contributed by atoms with E-state index in [9.17, 15) is 4.79 Å². The second-order valence-corrected chi connectivity index (χ2v) is 5.72. The number of aryl methyl sites for hydroxylation is 1. The van der Waals surface area contributed by atoms with E-state index in [4.69, 9.17) is 4.74 Å². The summed E-state index contributed by atoms with van der Waals surface area (Å²) >= 11 is 0. The summed E-state index contributed by atoms with van der Waals surface area (Å²) in [5, 5.41) is 6.93. The summed E-state index contributed by atoms with van der Waals surface area (Å²) in [6.45, 7) is 2.11. The Morgan fingerprint density at radius 2 is 2.24 bits per heavy atom. The molecule has 0 spiro atoms. The molecule has 1 N–H and O–H groups in total. The smallest absolute Gasteiger partial charge is 0.378 e. The Bertz CT molecular complexity index is 694. The van der Waals surface area contributed by atoms with Crippen molar-refractivity contribution in [3.63, 3.8) is 0 Å². The van der Waals surface area contributed by atoms with Gasteiger partial charge in [0.15, 0.2) is 0 Å². The third-order valence-electron chi connectivity index (χ3n) is 4.61. The molecule has 0 radical (unpaired) electrons. The van der Waals surface area contributed by atoms with Crippen molar-refractivity contribution in [2.45, 2.75) is 31.6 Å². The van der Waals surface area contributed by atoms with Crippen LogP contribution in [0, 0.1) is 5.92 Å². The van der Waals surface area contributed by atoms with E-state index in [0.29, 0.717) is 24.4 Å². The second-order valence-electron chi connectivity index (χ2n) is 5.72. The van der Waals surface area contributed by atoms with Crippen LogP contribution in [-0.4, -0.2) is 27.8 Å². The summed E-state index contributed by atoms with van der Waals surface area (Å²) in [7, 11) is 0. The number of rotatable bonds is 3. The Morgan fingerprint density at radius 1 is 1.38 bits per heavy atom. The van der Waals surface area contributed by atoms with E-state index in [1.54, 1.807) is 6.92 Å². The van der Waals surface area contributed by atoms with Gasteiger partial charge < -0.3 is 4.74 Å². The Balaban J connectivity index is 1.59. The molecule has 1 aromatic heterocycles. The number of nitrogens with one attached hydrogen (secondary N) is 1. The van der Waals surface area contributed by atoms with Gasteiger partial charge in [-0.3, -0.25) is 5.10 Å². The number of aromatic amines is 1. The molecule has 4 rings (SSSR count). The zero-order valence-electron chi connectivity index (χ0n) is 11.9. The molecule has 1 fully saturated rings. The number of hydrogen-bond donors (Lipinski definition) is 1. The third-order valence-corrected chi connectivity index (χ3v) is 4.61. The lowest BCUT2D eigenvalue weighted by molar-refractivity contribution is 0.0512. The summed E-state index contributed by atoms with van der Waals surface area (Å²) in [5.41, 5.74) is 2.89. The molecule has 2 aliphatic carbocycles. The average molecular weight is 283 g/mol. The van der Waals surface area contributed by atoms with Crippen molar-refractivity contribution >= 4 is 5.97 Å². The van der Waals surface area contributed by atoms with Gasteiger partial charge in [-0.1, -0.05) is 24.3 Å². The fraction of sp³-hybridized carbons (Fsp3) is 0.438. The van der Waals surface area contributed by atoms with E-state index in [2.05, 4.69) is 39.4 Å². The first-order valence-corrected chi connectivity index (χ1v) is 7.46. The van der Waals surface area contributed by atoms with Gasteiger partial charge in [0.25, 0.3) is 5.82 Å². The van der Waals surface area contributed by atoms with Crippen molar-refractivity contribution in [2.75, 3.05) is 6.61 Å². The van der Waals surface area contributed by atoms with Crippen LogP contribution in [0.5, 0.6) is 0 Å². The topological polar surface area (TPSA) is 67.9 Å². The first-order valence-electron chi connectivity index (χ1n) is 7.46. The van der Waals surface area contributed by atoms with Gasteiger partial charge in [0, 0.05) is 5.92 Å². The lowest BCUT2D eigenvalue weighted by Gasteiger charge is -2.13. The van der Waals surface area contributed by atoms with Crippen LogP contribution in [0.4, 0.5) is 0 Å². The number of carbonyl (C=O) groups excluding carboxylic acids is 1. The van der Waals surface area contributed by atoms with Crippen molar-refractivity contribution in [2.24, 2.45) is 5.92 Å². The van der Waals surface area contributed by atoms with Gasteiger partial charge in [-0.2, -0.15) is 0 Å². The fourth-order valence-corrected chi connectivity index (χ4v) is 3.65. The number of H-pyrrole nitrogens is 1. The molecule has 0 saturated heterocycles. The minimum Gasteiger partial charge on any atom is -0.460 e. The minimum absolute atomic E-state index is 0.142. The first kappa shape index (κ1) is 12.6. The van der Waals surface area contributed by atoms with E-state index in [-0.39, 0.29) is 5.82 Å². The quantitative estimate of drug-likeness (QED) is 0.878. The highest BCUT2D eigenvalue weighted by atomic mass is 16.5. The molecule has 5 nitrogen and oxygen atoms in total. The number of fused-ring (bicyclic) bond motifs is 3. The standard InChI is InChI=1S/C16H17N3O2/c1-2-21-16(20)15-17-14(18-19-15)13-11-8-7-9-5-3-4-6-10(9)12(11)13/h3-6,11-13H,2,7-8H2,1H3,(H,17,18,19). The molecule has 1 heterocycles. The summed E-state index contributed by atoms with van der Waals surface area (Å²) in [5.74, 6) is 2.03. The van der Waals surface area contributed by atoms with Crippen molar-refractivity contribution in [3.05, 3.63) is 47.0 Å². The van der Waals surface area contributed by atoms with Crippen molar-refractivity contribution < 1.29 is 9.53 Å². The van der Waals surface area contributed by atoms with Gasteiger partial charge >= 0.3 is 5.97 Å². The molecule has 1 saturated carbocycles. The highest BCUT2D eigenvalue weighted by Gasteiger charge is 2.55. The molecule has 1 aromatic carbocycles. The molecular formula is C16H17N3O2. The van der Waals surface area contributed by atoms with E-state index in [0.717, 1.165) is 12.2 Å². The van der Waals surface area contributed by atoms with Crippen LogP contribution in [0.1, 0.15) is 52.8 Å². The van der Waals surface area contributed by atoms with Crippen LogP contribution in [0.3, 0.4) is 0 Å². The monoisotopic (exact) mass is 283 g/mol. The molecular weight excluding hydrogens is 266 g/mol. The summed E-state index contributed by atoms with van der Waals surface area (Å²) in [6.07, 6.45) is 2.31. The van der Waals surface area contributed by atoms with E-state index < -0.39 is 5.97 Å². The molecule has 0 bridgehead atoms. The Hall–Kier alpha value is -2.17. The molecule has 108 valence electrons. The van der Waals surface area contributed by atoms with Gasteiger partial charge in [-0.25, -0.2) is 9.78 Å². The van der Waals surface area contributed by atoms with Gasteiger partial charge in [-0.15, -0.1) is 5.10 Å². The van der Waals surface area contributed by atoms with E-state index in [1.165, 1.54) is 17.5 Å². The fourth-order valence-electron chi connectivity index (χ4n) is 3.65. The lowest BCUT2D eigenvalue weighted by atomic mass is 9.92. The molecule has 3 unspecified atom stereocenters. The normalized spacial score (nSPS) is 25.9. The SMILES string of the molecule is CCOC(=O)c1n[nH]c(C2C3CCc4ccccc4C32)n1. The van der Waals surface area contributed by atoms with Crippen LogP contribution in [0.25, 0.3) is 0 Å². The molecule has 3 atom stereocenters. The average Bonchev–Trinajstić information content (AvgIpc) is 3.05. The molecule has 2 aliphatic rings. The maximum absolute atomic E-state index is 11.6. The number of ether oxygens (including phenoxy) is 1. The Labute approximate surface area is 122 Å². The van der Waals surface area contributed by atoms with E-state index in [1.807, 2.05) is 0 Å². The predicted octanol–water partition coefficient (Wildman–Crippen LogP) is 2.42. The van der Waals surface area contributed by atoms with Crippen LogP contribution in [0.15, 0.2) is 24.3 Å². The first-order chi connectivity index (χ1) is 10.3. The van der Waals surface area contributed by atoms with Gasteiger partial charge in [0.2, 0.25) is 0 Å². The van der Waals surface area contributed by atoms with Gasteiger partial charge in [0.05, 0.1) is 6.61 Å². The third kappa shape index (κ3) is 1.95. The Morgan fingerprint density at radius 3 is 3.10 bits per heavy atom. The minimum atomic E-state index is -0.455. The summed E-state index contributed by atoms with van der Waals surface area (Å²) in [6, 6.07) is 8.63. The zero-order valence-corrected chi connectivity index (χ0v) is 11.9. The summed E-state index contributed by atoms with van der Waals surface area (Å²) < 4.78 is 4.93. The van der Waals surface area contributed by atoms with E-state index >= 15 is 0 Å². The van der Waals surface area contributed by atoms with Gasteiger partial charge in [0.1, 0.15) is 5.82 Å². The number of hydrogen-bond acceptors (Lipinski definition) is 4. The lowest BCUT2D eigenvalue weighted by Crippen LogP contribution is -2.06. The molecule has 21 heavy (non-hydrogen) atoms. The molecule has 0 aliphatic heterocycles. The second kappa shape index (κ2) is 4.69. The number of nitrogens with zero attached hydrogens (tertiary/aromatic N) is 2. The van der Waals surface area contributed by atoms with Crippen LogP contribution in [0.2, 0.25) is 0 Å². The van der Waals surface area contributed by atoms with Crippen molar-refractivity contribution in [3.8, 4) is 0 Å². The van der Waals surface area contributed by atoms with Crippen molar-refractivity contribution in [1.82, 2.24) is 15.2 Å². The predicted molar refractivity (Wildman–Crippen MR) is 76.1 cm³/mol. The Kier molecular flexibility index (Phi) is 2.80. The molecule has 2 aromatic rings. The zero-order chi connectivity index (χ0) is 14.4. The van der Waals surface area contributed by atoms with Crippen molar-refractivity contribution in [1.29, 1.82) is 0 Å². The largest absolute Gasteiger partial charge is 0.460 e. The van der Waals surface area contributed by atoms with Gasteiger partial charge in [-0.05, 0) is 42.7 Å². The molecule has 5 heteroatoms. The summed E-state index contributed by atoms with van der Waals surface area (Å²) in [4.78, 5) is 16.0. The highest BCUT2D eigenvalue weighted by molar-refractivity contribution is 5.85. The van der Waals surface area contributed by atoms with Crippen LogP contribution >= 0.6 is 0 Å². The highest BCUT2D eigenvalue weighted by Crippen LogP contribution is 2.64. The number of aromatic nitrogens is 3. The maximum atomic E-state index is 11.6. The number of carbonyl (C=O) groups is 1.